The zero-order chi connectivity index (χ0) is 24.6. The minimum absolute atomic E-state index is 0.128. The van der Waals surface area contributed by atoms with E-state index in [2.05, 4.69) is 68.7 Å². The molecule has 4 aromatic rings. The lowest BCUT2D eigenvalue weighted by Crippen LogP contribution is -2.37. The number of pyridine rings is 2. The Labute approximate surface area is 212 Å². The maximum absolute atomic E-state index is 12.2. The third-order valence-electron chi connectivity index (χ3n) is 6.48. The first-order chi connectivity index (χ1) is 17.7. The van der Waals surface area contributed by atoms with Crippen molar-refractivity contribution >= 4 is 5.91 Å². The van der Waals surface area contributed by atoms with E-state index in [4.69, 9.17) is 4.74 Å². The molecule has 1 N–H and O–H groups in total. The molecule has 0 spiro atoms. The first kappa shape index (κ1) is 23.7. The number of carbonyl (C=O) groups is 1. The molecule has 0 saturated carbocycles. The van der Waals surface area contributed by atoms with Crippen LogP contribution in [0.3, 0.4) is 0 Å². The third kappa shape index (κ3) is 6.34. The first-order valence-corrected chi connectivity index (χ1v) is 12.4. The fraction of sp³-hybridized carbons (Fsp3) is 0.233. The van der Waals surface area contributed by atoms with Gasteiger partial charge in [-0.2, -0.15) is 0 Å². The third-order valence-corrected chi connectivity index (χ3v) is 6.48. The van der Waals surface area contributed by atoms with Crippen LogP contribution in [0.1, 0.15) is 34.3 Å². The van der Waals surface area contributed by atoms with Gasteiger partial charge in [0.25, 0.3) is 5.91 Å². The molecule has 0 bridgehead atoms. The molecule has 0 aliphatic carbocycles. The Balaban J connectivity index is 1.05. The monoisotopic (exact) mass is 478 g/mol. The molecule has 5 rings (SSSR count). The highest BCUT2D eigenvalue weighted by molar-refractivity contribution is 5.93. The summed E-state index contributed by atoms with van der Waals surface area (Å²) in [4.78, 5) is 23.0. The maximum atomic E-state index is 12.2. The first-order valence-electron chi connectivity index (χ1n) is 12.4. The molecule has 36 heavy (non-hydrogen) atoms. The van der Waals surface area contributed by atoms with Gasteiger partial charge in [-0.25, -0.2) is 4.98 Å². The van der Waals surface area contributed by atoms with E-state index in [1.54, 1.807) is 30.7 Å². The summed E-state index contributed by atoms with van der Waals surface area (Å²) in [6.07, 6.45) is 7.11. The minimum atomic E-state index is -0.128. The average molecular weight is 479 g/mol. The van der Waals surface area contributed by atoms with Crippen LogP contribution in [-0.2, 0) is 13.1 Å². The summed E-state index contributed by atoms with van der Waals surface area (Å²) in [5.74, 6) is 0.505. The van der Waals surface area contributed by atoms with Gasteiger partial charge < -0.3 is 10.1 Å². The van der Waals surface area contributed by atoms with Gasteiger partial charge in [0.05, 0.1) is 0 Å². The summed E-state index contributed by atoms with van der Waals surface area (Å²) in [6, 6.07) is 26.6. The fourth-order valence-electron chi connectivity index (χ4n) is 4.42. The zero-order valence-electron chi connectivity index (χ0n) is 20.2. The van der Waals surface area contributed by atoms with Gasteiger partial charge in [0.2, 0.25) is 5.88 Å². The van der Waals surface area contributed by atoms with E-state index < -0.39 is 0 Å². The van der Waals surface area contributed by atoms with Crippen LogP contribution in [0.5, 0.6) is 5.88 Å². The lowest BCUT2D eigenvalue weighted by atomic mass is 10.0. The van der Waals surface area contributed by atoms with Gasteiger partial charge in [0, 0.05) is 56.4 Å². The van der Waals surface area contributed by atoms with Crippen molar-refractivity contribution in [3.63, 3.8) is 0 Å². The SMILES string of the molecule is O=C(NCc1ccc(OC2CCN(Cc3ccc(-c4ccccc4)cc3)CC2)nc1)c1ccncc1. The molecule has 2 aromatic heterocycles. The van der Waals surface area contributed by atoms with Gasteiger partial charge in [-0.1, -0.05) is 60.7 Å². The summed E-state index contributed by atoms with van der Waals surface area (Å²) in [6.45, 7) is 3.38. The topological polar surface area (TPSA) is 67.3 Å². The van der Waals surface area contributed by atoms with Crippen LogP contribution in [-0.4, -0.2) is 40.0 Å². The minimum Gasteiger partial charge on any atom is -0.474 e. The predicted molar refractivity (Wildman–Crippen MR) is 140 cm³/mol. The summed E-state index contributed by atoms with van der Waals surface area (Å²) >= 11 is 0. The van der Waals surface area contributed by atoms with Crippen molar-refractivity contribution in [1.82, 2.24) is 20.2 Å². The molecular weight excluding hydrogens is 448 g/mol. The van der Waals surface area contributed by atoms with Gasteiger partial charge >= 0.3 is 0 Å². The van der Waals surface area contributed by atoms with Crippen molar-refractivity contribution in [1.29, 1.82) is 0 Å². The molecule has 1 saturated heterocycles. The molecule has 182 valence electrons. The van der Waals surface area contributed by atoms with Crippen molar-refractivity contribution in [3.8, 4) is 17.0 Å². The molecule has 2 aromatic carbocycles. The highest BCUT2D eigenvalue weighted by Crippen LogP contribution is 2.22. The van der Waals surface area contributed by atoms with Gasteiger partial charge in [-0.15, -0.1) is 0 Å². The highest BCUT2D eigenvalue weighted by atomic mass is 16.5. The van der Waals surface area contributed by atoms with Crippen LogP contribution in [0.4, 0.5) is 0 Å². The van der Waals surface area contributed by atoms with Crippen LogP contribution >= 0.6 is 0 Å². The number of hydrogen-bond donors (Lipinski definition) is 1. The molecule has 3 heterocycles. The lowest BCUT2D eigenvalue weighted by Gasteiger charge is -2.32. The van der Waals surface area contributed by atoms with Gasteiger partial charge in [0.15, 0.2) is 0 Å². The van der Waals surface area contributed by atoms with Crippen molar-refractivity contribution < 1.29 is 9.53 Å². The molecule has 1 amide bonds. The number of likely N-dealkylation sites (tertiary alicyclic amines) is 1. The van der Waals surface area contributed by atoms with Gasteiger partial charge in [-0.3, -0.25) is 14.7 Å². The molecule has 1 aliphatic heterocycles. The number of rotatable bonds is 8. The van der Waals surface area contributed by atoms with Crippen molar-refractivity contribution in [3.05, 3.63) is 114 Å². The van der Waals surface area contributed by atoms with E-state index in [-0.39, 0.29) is 12.0 Å². The largest absolute Gasteiger partial charge is 0.474 e. The molecule has 0 radical (unpaired) electrons. The van der Waals surface area contributed by atoms with E-state index in [0.29, 0.717) is 18.0 Å². The smallest absolute Gasteiger partial charge is 0.251 e. The number of nitrogens with zero attached hydrogens (tertiary/aromatic N) is 3. The standard InChI is InChI=1S/C30H30N4O2/c35-30(27-12-16-31-17-13-27)33-21-24-8-11-29(32-20-24)36-28-14-18-34(19-15-28)22-23-6-9-26(10-7-23)25-4-2-1-3-5-25/h1-13,16-17,20,28H,14-15,18-19,21-22H2,(H,33,35). The Morgan fingerprint density at radius 2 is 1.56 bits per heavy atom. The molecular formula is C30H30N4O2. The summed E-state index contributed by atoms with van der Waals surface area (Å²) < 4.78 is 6.14. The Hall–Kier alpha value is -4.03. The Kier molecular flexibility index (Phi) is 7.64. The second-order valence-corrected chi connectivity index (χ2v) is 9.08. The lowest BCUT2D eigenvalue weighted by molar-refractivity contribution is 0.0932. The summed E-state index contributed by atoms with van der Waals surface area (Å²) in [5, 5.41) is 2.90. The number of carbonyl (C=O) groups excluding carboxylic acids is 1. The van der Waals surface area contributed by atoms with E-state index >= 15 is 0 Å². The number of ether oxygens (including phenoxy) is 1. The van der Waals surface area contributed by atoms with Crippen molar-refractivity contribution in [2.24, 2.45) is 0 Å². The summed E-state index contributed by atoms with van der Waals surface area (Å²) in [7, 11) is 0. The second kappa shape index (κ2) is 11.6. The van der Waals surface area contributed by atoms with Crippen LogP contribution in [0, 0.1) is 0 Å². The van der Waals surface area contributed by atoms with Crippen LogP contribution in [0.25, 0.3) is 11.1 Å². The Morgan fingerprint density at radius 1 is 0.861 bits per heavy atom. The van der Waals surface area contributed by atoms with Crippen molar-refractivity contribution in [2.75, 3.05) is 13.1 Å². The maximum Gasteiger partial charge on any atom is 0.251 e. The highest BCUT2D eigenvalue weighted by Gasteiger charge is 2.21. The Morgan fingerprint density at radius 3 is 2.25 bits per heavy atom. The van der Waals surface area contributed by atoms with Gasteiger partial charge in [-0.05, 0) is 47.2 Å². The zero-order valence-corrected chi connectivity index (χ0v) is 20.2. The number of amides is 1. The van der Waals surface area contributed by atoms with E-state index in [9.17, 15) is 4.79 Å². The molecule has 1 fully saturated rings. The van der Waals surface area contributed by atoms with Crippen LogP contribution < -0.4 is 10.1 Å². The predicted octanol–water partition coefficient (Wildman–Crippen LogP) is 5.12. The molecule has 6 heteroatoms. The molecule has 0 unspecified atom stereocenters. The van der Waals surface area contributed by atoms with E-state index in [0.717, 1.165) is 38.0 Å². The van der Waals surface area contributed by atoms with Crippen LogP contribution in [0.15, 0.2) is 97.5 Å². The van der Waals surface area contributed by atoms with Gasteiger partial charge in [0.1, 0.15) is 6.10 Å². The average Bonchev–Trinajstić information content (AvgIpc) is 2.95. The number of benzene rings is 2. The molecule has 0 atom stereocenters. The Bertz CT molecular complexity index is 1240. The number of hydrogen-bond acceptors (Lipinski definition) is 5. The molecule has 1 aliphatic rings. The van der Waals surface area contributed by atoms with Crippen LogP contribution in [0.2, 0.25) is 0 Å². The number of piperidine rings is 1. The second-order valence-electron chi connectivity index (χ2n) is 9.08. The summed E-state index contributed by atoms with van der Waals surface area (Å²) in [5.41, 5.74) is 5.35. The fourth-order valence-corrected chi connectivity index (χ4v) is 4.42. The van der Waals surface area contributed by atoms with E-state index in [1.807, 2.05) is 18.2 Å². The number of nitrogens with one attached hydrogen (secondary N) is 1. The van der Waals surface area contributed by atoms with Crippen molar-refractivity contribution in [2.45, 2.75) is 32.0 Å². The normalized spacial score (nSPS) is 14.3. The quantitative estimate of drug-likeness (QED) is 0.381. The molecule has 6 nitrogen and oxygen atoms in total. The van der Waals surface area contributed by atoms with E-state index in [1.165, 1.54) is 16.7 Å². The number of aromatic nitrogens is 2.